The zero-order chi connectivity index (χ0) is 23.2. The second-order valence-electron chi connectivity index (χ2n) is 7.97. The SMILES string of the molecule is C=CCN(C)CCCCCCOc1ccc(N(C)C(=S)NCCc2ccc(F)cc2)cc1. The van der Waals surface area contributed by atoms with Crippen LogP contribution in [0.5, 0.6) is 5.75 Å². The molecule has 32 heavy (non-hydrogen) atoms. The van der Waals surface area contributed by atoms with Crippen LogP contribution in [-0.2, 0) is 6.42 Å². The first-order chi connectivity index (χ1) is 15.5. The van der Waals surface area contributed by atoms with Gasteiger partial charge in [-0.2, -0.15) is 0 Å². The number of thiocarbonyl (C=S) groups is 1. The largest absolute Gasteiger partial charge is 0.494 e. The summed E-state index contributed by atoms with van der Waals surface area (Å²) in [5.74, 6) is 0.662. The second kappa shape index (κ2) is 14.6. The summed E-state index contributed by atoms with van der Waals surface area (Å²) in [5.41, 5.74) is 2.08. The van der Waals surface area contributed by atoms with Crippen molar-refractivity contribution in [2.45, 2.75) is 32.1 Å². The van der Waals surface area contributed by atoms with Crippen LogP contribution in [0.4, 0.5) is 10.1 Å². The Kier molecular flexibility index (Phi) is 11.8. The van der Waals surface area contributed by atoms with Gasteiger partial charge in [0.1, 0.15) is 11.6 Å². The molecule has 0 radical (unpaired) electrons. The van der Waals surface area contributed by atoms with Crippen molar-refractivity contribution in [1.29, 1.82) is 0 Å². The highest BCUT2D eigenvalue weighted by Gasteiger charge is 2.07. The molecule has 0 saturated carbocycles. The van der Waals surface area contributed by atoms with Gasteiger partial charge in [-0.25, -0.2) is 4.39 Å². The molecule has 0 aromatic heterocycles. The van der Waals surface area contributed by atoms with E-state index in [4.69, 9.17) is 17.0 Å². The van der Waals surface area contributed by atoms with Gasteiger partial charge < -0.3 is 19.9 Å². The van der Waals surface area contributed by atoms with Crippen LogP contribution in [0.1, 0.15) is 31.2 Å². The van der Waals surface area contributed by atoms with Crippen molar-refractivity contribution in [2.24, 2.45) is 0 Å². The Labute approximate surface area is 198 Å². The standard InChI is InChI=1S/C26H36FN3OS/c1-4-19-29(2)20-7-5-6-8-21-31-25-15-13-24(14-16-25)30(3)26(32)28-18-17-22-9-11-23(27)12-10-22/h4,9-16H,1,5-8,17-21H2,2-3H3,(H,28,32). The Morgan fingerprint density at radius 3 is 2.41 bits per heavy atom. The van der Waals surface area contributed by atoms with Crippen LogP contribution in [0.3, 0.4) is 0 Å². The number of halogens is 1. The molecule has 0 aliphatic heterocycles. The van der Waals surface area contributed by atoms with Crippen LogP contribution in [0.25, 0.3) is 0 Å². The number of unbranched alkanes of at least 4 members (excludes halogenated alkanes) is 3. The van der Waals surface area contributed by atoms with E-state index >= 15 is 0 Å². The molecule has 174 valence electrons. The van der Waals surface area contributed by atoms with Crippen molar-refractivity contribution in [3.05, 3.63) is 72.6 Å². The van der Waals surface area contributed by atoms with Crippen molar-refractivity contribution in [3.63, 3.8) is 0 Å². The zero-order valence-electron chi connectivity index (χ0n) is 19.4. The number of nitrogens with zero attached hydrogens (tertiary/aromatic N) is 2. The molecule has 0 unspecified atom stereocenters. The van der Waals surface area contributed by atoms with Crippen LogP contribution in [-0.4, -0.2) is 50.3 Å². The van der Waals surface area contributed by atoms with Gasteiger partial charge in [-0.1, -0.05) is 31.1 Å². The molecule has 0 aliphatic rings. The Hall–Kier alpha value is -2.44. The molecule has 6 heteroatoms. The lowest BCUT2D eigenvalue weighted by atomic mass is 10.1. The smallest absolute Gasteiger partial charge is 0.173 e. The predicted molar refractivity (Wildman–Crippen MR) is 137 cm³/mol. The summed E-state index contributed by atoms with van der Waals surface area (Å²) >= 11 is 5.49. The maximum absolute atomic E-state index is 13.0. The monoisotopic (exact) mass is 457 g/mol. The summed E-state index contributed by atoms with van der Waals surface area (Å²) < 4.78 is 18.9. The van der Waals surface area contributed by atoms with E-state index in [9.17, 15) is 4.39 Å². The van der Waals surface area contributed by atoms with Gasteiger partial charge in [0.05, 0.1) is 6.61 Å². The number of likely N-dealkylation sites (N-methyl/N-ethyl adjacent to an activating group) is 1. The summed E-state index contributed by atoms with van der Waals surface area (Å²) in [5, 5.41) is 3.91. The first-order valence-corrected chi connectivity index (χ1v) is 11.7. The lowest BCUT2D eigenvalue weighted by Crippen LogP contribution is -2.38. The molecular formula is C26H36FN3OS. The maximum atomic E-state index is 13.0. The molecule has 2 rings (SSSR count). The minimum absolute atomic E-state index is 0.215. The number of rotatable bonds is 14. The summed E-state index contributed by atoms with van der Waals surface area (Å²) in [6.45, 7) is 7.26. The van der Waals surface area contributed by atoms with Crippen LogP contribution >= 0.6 is 12.2 Å². The Morgan fingerprint density at radius 2 is 1.72 bits per heavy atom. The fourth-order valence-corrected chi connectivity index (χ4v) is 3.51. The summed E-state index contributed by atoms with van der Waals surface area (Å²) in [4.78, 5) is 4.22. The molecule has 0 aliphatic carbocycles. The number of ether oxygens (including phenoxy) is 1. The lowest BCUT2D eigenvalue weighted by molar-refractivity contribution is 0.300. The normalized spacial score (nSPS) is 10.8. The van der Waals surface area contributed by atoms with Crippen LogP contribution in [0.15, 0.2) is 61.2 Å². The Bertz CT molecular complexity index is 811. The maximum Gasteiger partial charge on any atom is 0.173 e. The van der Waals surface area contributed by atoms with E-state index in [-0.39, 0.29) is 5.82 Å². The fourth-order valence-electron chi connectivity index (χ4n) is 3.31. The lowest BCUT2D eigenvalue weighted by Gasteiger charge is -2.21. The van der Waals surface area contributed by atoms with Crippen LogP contribution in [0.2, 0.25) is 0 Å². The topological polar surface area (TPSA) is 27.7 Å². The van der Waals surface area contributed by atoms with E-state index in [0.717, 1.165) is 49.5 Å². The number of benzene rings is 2. The van der Waals surface area contributed by atoms with Gasteiger partial charge in [-0.05, 0) is 87.0 Å². The zero-order valence-corrected chi connectivity index (χ0v) is 20.2. The van der Waals surface area contributed by atoms with E-state index in [1.807, 2.05) is 42.3 Å². The molecule has 0 fully saturated rings. The van der Waals surface area contributed by atoms with Crippen molar-refractivity contribution < 1.29 is 9.13 Å². The average Bonchev–Trinajstić information content (AvgIpc) is 2.80. The summed E-state index contributed by atoms with van der Waals surface area (Å²) in [6.07, 6.45) is 7.41. The molecule has 2 aromatic rings. The van der Waals surface area contributed by atoms with Gasteiger partial charge >= 0.3 is 0 Å². The van der Waals surface area contributed by atoms with Crippen molar-refractivity contribution in [2.75, 3.05) is 45.2 Å². The minimum Gasteiger partial charge on any atom is -0.494 e. The molecule has 0 heterocycles. The van der Waals surface area contributed by atoms with E-state index in [1.54, 1.807) is 12.1 Å². The first kappa shape index (κ1) is 25.8. The summed E-state index contributed by atoms with van der Waals surface area (Å²) in [6, 6.07) is 14.5. The Morgan fingerprint density at radius 1 is 1.03 bits per heavy atom. The molecule has 1 N–H and O–H groups in total. The third-order valence-corrected chi connectivity index (χ3v) is 5.69. The van der Waals surface area contributed by atoms with Crippen molar-refractivity contribution in [1.82, 2.24) is 10.2 Å². The number of anilines is 1. The van der Waals surface area contributed by atoms with Gasteiger partial charge in [-0.15, -0.1) is 6.58 Å². The second-order valence-corrected chi connectivity index (χ2v) is 8.36. The molecule has 0 amide bonds. The predicted octanol–water partition coefficient (Wildman–Crippen LogP) is 5.44. The van der Waals surface area contributed by atoms with Gasteiger partial charge in [0.15, 0.2) is 5.11 Å². The van der Waals surface area contributed by atoms with Gasteiger partial charge in [0, 0.05) is 25.8 Å². The molecule has 0 bridgehead atoms. The molecule has 4 nitrogen and oxygen atoms in total. The molecule has 2 aromatic carbocycles. The van der Waals surface area contributed by atoms with E-state index in [1.165, 1.54) is 31.4 Å². The van der Waals surface area contributed by atoms with E-state index in [0.29, 0.717) is 11.7 Å². The fraction of sp³-hybridized carbons (Fsp3) is 0.423. The molecule has 0 atom stereocenters. The summed E-state index contributed by atoms with van der Waals surface area (Å²) in [7, 11) is 4.07. The van der Waals surface area contributed by atoms with E-state index in [2.05, 4.69) is 23.8 Å². The third kappa shape index (κ3) is 9.79. The molecule has 0 spiro atoms. The van der Waals surface area contributed by atoms with Gasteiger partial charge in [-0.3, -0.25) is 0 Å². The highest BCUT2D eigenvalue weighted by molar-refractivity contribution is 7.80. The Balaban J connectivity index is 1.62. The van der Waals surface area contributed by atoms with Crippen LogP contribution in [0, 0.1) is 5.82 Å². The molecular weight excluding hydrogens is 421 g/mol. The highest BCUT2D eigenvalue weighted by Crippen LogP contribution is 2.19. The number of hydrogen-bond acceptors (Lipinski definition) is 3. The number of nitrogens with one attached hydrogen (secondary N) is 1. The van der Waals surface area contributed by atoms with Crippen LogP contribution < -0.4 is 15.0 Å². The number of hydrogen-bond donors (Lipinski definition) is 1. The van der Waals surface area contributed by atoms with Crippen molar-refractivity contribution >= 4 is 23.0 Å². The quantitative estimate of drug-likeness (QED) is 0.232. The average molecular weight is 458 g/mol. The minimum atomic E-state index is -0.215. The van der Waals surface area contributed by atoms with E-state index < -0.39 is 0 Å². The first-order valence-electron chi connectivity index (χ1n) is 11.3. The van der Waals surface area contributed by atoms with Gasteiger partial charge in [0.2, 0.25) is 0 Å². The third-order valence-electron chi connectivity index (χ3n) is 5.28. The highest BCUT2D eigenvalue weighted by atomic mass is 32.1. The van der Waals surface area contributed by atoms with Crippen molar-refractivity contribution in [3.8, 4) is 5.75 Å². The molecule has 0 saturated heterocycles. The van der Waals surface area contributed by atoms with Gasteiger partial charge in [0.25, 0.3) is 0 Å².